The summed E-state index contributed by atoms with van der Waals surface area (Å²) in [5.41, 5.74) is 4.42. The van der Waals surface area contributed by atoms with Crippen LogP contribution in [0.25, 0.3) is 0 Å². The molecule has 0 saturated carbocycles. The van der Waals surface area contributed by atoms with E-state index in [9.17, 15) is 8.42 Å². The normalized spacial score (nSPS) is 15.7. The van der Waals surface area contributed by atoms with Crippen LogP contribution in [0.5, 0.6) is 11.5 Å². The molecular formula is C26H29N3O4S. The Labute approximate surface area is 201 Å². The first kappa shape index (κ1) is 23.6. The van der Waals surface area contributed by atoms with Crippen molar-refractivity contribution in [2.45, 2.75) is 24.3 Å². The fourth-order valence-corrected chi connectivity index (χ4v) is 5.40. The van der Waals surface area contributed by atoms with Crippen LogP contribution < -0.4 is 14.4 Å². The summed E-state index contributed by atoms with van der Waals surface area (Å²) >= 11 is 0. The minimum absolute atomic E-state index is 0.205. The molecule has 0 aliphatic carbocycles. The van der Waals surface area contributed by atoms with E-state index in [0.717, 1.165) is 22.4 Å². The van der Waals surface area contributed by atoms with Gasteiger partial charge in [-0.3, -0.25) is 0 Å². The zero-order valence-electron chi connectivity index (χ0n) is 20.0. The van der Waals surface area contributed by atoms with Gasteiger partial charge in [-0.1, -0.05) is 35.9 Å². The number of hydrogen-bond donors (Lipinski definition) is 0. The smallest absolute Gasteiger partial charge is 0.279 e. The van der Waals surface area contributed by atoms with Crippen molar-refractivity contribution in [3.05, 3.63) is 83.4 Å². The summed E-state index contributed by atoms with van der Waals surface area (Å²) in [4.78, 5) is 2.22. The number of hydrazone groups is 1. The Kier molecular flexibility index (Phi) is 6.52. The van der Waals surface area contributed by atoms with E-state index in [0.29, 0.717) is 23.6 Å². The number of rotatable bonds is 7. The van der Waals surface area contributed by atoms with Gasteiger partial charge in [0.15, 0.2) is 11.5 Å². The lowest BCUT2D eigenvalue weighted by Crippen LogP contribution is -2.27. The van der Waals surface area contributed by atoms with E-state index in [1.54, 1.807) is 44.6 Å². The Morgan fingerprint density at radius 3 is 2.15 bits per heavy atom. The second-order valence-corrected chi connectivity index (χ2v) is 10.2. The number of ether oxygens (including phenoxy) is 2. The van der Waals surface area contributed by atoms with Gasteiger partial charge in [0.2, 0.25) is 0 Å². The molecule has 0 radical (unpaired) electrons. The molecule has 1 aliphatic rings. The number of hydrogen-bond acceptors (Lipinski definition) is 6. The second-order valence-electron chi connectivity index (χ2n) is 8.41. The molecule has 8 heteroatoms. The zero-order chi connectivity index (χ0) is 24.5. The molecule has 4 rings (SSSR count). The van der Waals surface area contributed by atoms with Gasteiger partial charge in [0.25, 0.3) is 10.0 Å². The van der Waals surface area contributed by atoms with Gasteiger partial charge in [0, 0.05) is 26.2 Å². The van der Waals surface area contributed by atoms with E-state index in [1.165, 1.54) is 4.41 Å². The molecule has 1 aliphatic heterocycles. The topological polar surface area (TPSA) is 71.4 Å². The maximum atomic E-state index is 13.7. The summed E-state index contributed by atoms with van der Waals surface area (Å²) in [7, 11) is 3.20. The fourth-order valence-electron chi connectivity index (χ4n) is 3.96. The first-order valence-electron chi connectivity index (χ1n) is 10.9. The number of nitrogens with zero attached hydrogens (tertiary/aromatic N) is 3. The Hall–Kier alpha value is -3.52. The molecule has 0 N–H and O–H groups in total. The van der Waals surface area contributed by atoms with Gasteiger partial charge < -0.3 is 14.4 Å². The van der Waals surface area contributed by atoms with Gasteiger partial charge >= 0.3 is 0 Å². The fraction of sp³-hybridized carbons (Fsp3) is 0.269. The van der Waals surface area contributed by atoms with Crippen LogP contribution in [0.2, 0.25) is 0 Å². The SMILES string of the molecule is COc1ccc([C@H]2CC(c3ccc(N(C)C)cc3)=NN2S(=O)(=O)c2ccc(C)cc2)cc1OC. The van der Waals surface area contributed by atoms with Crippen molar-refractivity contribution in [3.8, 4) is 11.5 Å². The standard InChI is InChI=1S/C26H29N3O4S/c1-18-6-13-22(14-7-18)34(30,31)29-24(20-10-15-25(32-4)26(16-20)33-5)17-23(27-29)19-8-11-21(12-9-19)28(2)3/h6-16,24H,17H2,1-5H3/t24-/m1/s1. The molecule has 1 heterocycles. The predicted molar refractivity (Wildman–Crippen MR) is 134 cm³/mol. The van der Waals surface area contributed by atoms with Crippen molar-refractivity contribution < 1.29 is 17.9 Å². The highest BCUT2D eigenvalue weighted by molar-refractivity contribution is 7.89. The van der Waals surface area contributed by atoms with Crippen LogP contribution in [0.15, 0.2) is 76.7 Å². The van der Waals surface area contributed by atoms with Crippen LogP contribution in [0.4, 0.5) is 5.69 Å². The van der Waals surface area contributed by atoms with Crippen LogP contribution in [-0.2, 0) is 10.0 Å². The third-order valence-corrected chi connectivity index (χ3v) is 7.64. The van der Waals surface area contributed by atoms with Gasteiger partial charge in [-0.2, -0.15) is 17.9 Å². The van der Waals surface area contributed by atoms with E-state index in [2.05, 4.69) is 5.10 Å². The maximum Gasteiger partial charge on any atom is 0.279 e. The van der Waals surface area contributed by atoms with E-state index < -0.39 is 16.1 Å². The number of benzene rings is 3. The first-order chi connectivity index (χ1) is 16.2. The molecule has 0 fully saturated rings. The average molecular weight is 480 g/mol. The molecule has 1 atom stereocenters. The molecule has 178 valence electrons. The van der Waals surface area contributed by atoms with Crippen molar-refractivity contribution in [1.82, 2.24) is 4.41 Å². The molecule has 0 spiro atoms. The summed E-state index contributed by atoms with van der Waals surface area (Å²) in [6, 6.07) is 19.7. The molecule has 3 aromatic rings. The van der Waals surface area contributed by atoms with E-state index in [-0.39, 0.29) is 4.90 Å². The summed E-state index contributed by atoms with van der Waals surface area (Å²) < 4.78 is 39.4. The van der Waals surface area contributed by atoms with E-state index in [1.807, 2.05) is 62.3 Å². The minimum Gasteiger partial charge on any atom is -0.493 e. The largest absolute Gasteiger partial charge is 0.493 e. The molecule has 0 bridgehead atoms. The number of aryl methyl sites for hydroxylation is 1. The minimum atomic E-state index is -3.89. The lowest BCUT2D eigenvalue weighted by atomic mass is 9.98. The predicted octanol–water partition coefficient (Wildman–Crippen LogP) is 4.62. The molecule has 0 amide bonds. The first-order valence-corrected chi connectivity index (χ1v) is 12.4. The molecule has 0 unspecified atom stereocenters. The van der Waals surface area contributed by atoms with E-state index in [4.69, 9.17) is 9.47 Å². The summed E-state index contributed by atoms with van der Waals surface area (Å²) in [5, 5.41) is 4.64. The summed E-state index contributed by atoms with van der Waals surface area (Å²) in [6.07, 6.45) is 0.432. The van der Waals surface area contributed by atoms with Gasteiger partial charge in [-0.25, -0.2) is 0 Å². The number of methoxy groups -OCH3 is 2. The monoisotopic (exact) mass is 479 g/mol. The Morgan fingerprint density at radius 2 is 1.56 bits per heavy atom. The number of sulfonamides is 1. The van der Waals surface area contributed by atoms with Crippen molar-refractivity contribution in [3.63, 3.8) is 0 Å². The maximum absolute atomic E-state index is 13.7. The van der Waals surface area contributed by atoms with Gasteiger partial charge in [-0.05, 0) is 54.4 Å². The summed E-state index contributed by atoms with van der Waals surface area (Å²) in [5.74, 6) is 1.12. The Balaban J connectivity index is 1.79. The van der Waals surface area contributed by atoms with Crippen molar-refractivity contribution >= 4 is 21.4 Å². The number of anilines is 1. The van der Waals surface area contributed by atoms with Crippen LogP contribution in [-0.4, -0.2) is 46.9 Å². The molecular weight excluding hydrogens is 450 g/mol. The van der Waals surface area contributed by atoms with Crippen LogP contribution >= 0.6 is 0 Å². The highest BCUT2D eigenvalue weighted by Crippen LogP contribution is 2.40. The van der Waals surface area contributed by atoms with Crippen LogP contribution in [0.1, 0.15) is 29.2 Å². The molecule has 0 saturated heterocycles. The third kappa shape index (κ3) is 4.46. The summed E-state index contributed by atoms with van der Waals surface area (Å²) in [6.45, 7) is 1.92. The van der Waals surface area contributed by atoms with Gasteiger partial charge in [-0.15, -0.1) is 0 Å². The Morgan fingerprint density at radius 1 is 0.912 bits per heavy atom. The van der Waals surface area contributed by atoms with Gasteiger partial charge in [0.1, 0.15) is 0 Å². The van der Waals surface area contributed by atoms with Crippen molar-refractivity contribution in [2.24, 2.45) is 5.10 Å². The Bertz CT molecular complexity index is 1300. The molecule has 3 aromatic carbocycles. The quantitative estimate of drug-likeness (QED) is 0.495. The molecule has 34 heavy (non-hydrogen) atoms. The highest BCUT2D eigenvalue weighted by Gasteiger charge is 2.38. The van der Waals surface area contributed by atoms with Crippen LogP contribution in [0, 0.1) is 6.92 Å². The van der Waals surface area contributed by atoms with Crippen molar-refractivity contribution in [2.75, 3.05) is 33.2 Å². The lowest BCUT2D eigenvalue weighted by molar-refractivity contribution is 0.348. The second kappa shape index (κ2) is 9.38. The zero-order valence-corrected chi connectivity index (χ0v) is 20.8. The lowest BCUT2D eigenvalue weighted by Gasteiger charge is -2.24. The third-order valence-electron chi connectivity index (χ3n) is 5.95. The molecule has 0 aromatic heterocycles. The van der Waals surface area contributed by atoms with E-state index >= 15 is 0 Å². The van der Waals surface area contributed by atoms with Crippen molar-refractivity contribution in [1.29, 1.82) is 0 Å². The molecule has 7 nitrogen and oxygen atoms in total. The van der Waals surface area contributed by atoms with Crippen LogP contribution in [0.3, 0.4) is 0 Å². The highest BCUT2D eigenvalue weighted by atomic mass is 32.2. The van der Waals surface area contributed by atoms with Gasteiger partial charge in [0.05, 0.1) is 30.9 Å². The average Bonchev–Trinajstić information content (AvgIpc) is 3.30.